The molecule has 0 radical (unpaired) electrons. The lowest BCUT2D eigenvalue weighted by Gasteiger charge is -2.10. The minimum absolute atomic E-state index is 0.0146. The largest absolute Gasteiger partial charge is 0.326 e. The van der Waals surface area contributed by atoms with E-state index in [2.05, 4.69) is 10.6 Å². The van der Waals surface area contributed by atoms with Gasteiger partial charge in [0, 0.05) is 27.2 Å². The van der Waals surface area contributed by atoms with E-state index in [1.54, 1.807) is 30.3 Å². The molecule has 2 unspecified atom stereocenters. The molecule has 1 saturated carbocycles. The second-order valence-electron chi connectivity index (χ2n) is 7.66. The molecule has 2 atom stereocenters. The van der Waals surface area contributed by atoms with Crippen LogP contribution in [0.25, 0.3) is 0 Å². The maximum Gasteiger partial charge on any atom is 0.255 e. The summed E-state index contributed by atoms with van der Waals surface area (Å²) >= 11 is 24.9. The molecule has 0 saturated heterocycles. The number of hydrogen-bond donors (Lipinski definition) is 2. The fourth-order valence-corrected chi connectivity index (χ4v) is 5.06. The topological polar surface area (TPSA) is 82.0 Å². The summed E-state index contributed by atoms with van der Waals surface area (Å²) in [5, 5.41) is 15.2. The molecular formula is C24H14Cl4FN3O2. The standard InChI is InChI=1S/C24H14Cl4FN3O2/c25-15-6-13(7-16(26)10-15)20-21(24(20,27)28)23(34)31-18-3-1-2-12(9-18)22(33)32-19-5-4-17(29)8-14(19)11-30/h1-10,20-21H,(H,31,34)(H,32,33). The molecule has 10 heteroatoms. The summed E-state index contributed by atoms with van der Waals surface area (Å²) in [5.41, 5.74) is 1.35. The third-order valence-corrected chi connectivity index (χ3v) is 6.70. The van der Waals surface area contributed by atoms with Crippen molar-refractivity contribution >= 4 is 69.6 Å². The third-order valence-electron chi connectivity index (χ3n) is 5.32. The molecule has 172 valence electrons. The van der Waals surface area contributed by atoms with E-state index in [0.717, 1.165) is 12.1 Å². The summed E-state index contributed by atoms with van der Waals surface area (Å²) < 4.78 is 12.0. The lowest BCUT2D eigenvalue weighted by atomic mass is 10.1. The molecule has 1 aliphatic carbocycles. The van der Waals surface area contributed by atoms with Crippen molar-refractivity contribution < 1.29 is 14.0 Å². The van der Waals surface area contributed by atoms with Gasteiger partial charge in [-0.05, 0) is 60.2 Å². The van der Waals surface area contributed by atoms with Gasteiger partial charge in [-0.25, -0.2) is 4.39 Å². The molecule has 4 rings (SSSR count). The molecule has 2 N–H and O–H groups in total. The minimum atomic E-state index is -1.34. The van der Waals surface area contributed by atoms with E-state index < -0.39 is 33.8 Å². The molecule has 34 heavy (non-hydrogen) atoms. The highest BCUT2D eigenvalue weighted by molar-refractivity contribution is 6.53. The number of halogens is 5. The van der Waals surface area contributed by atoms with Crippen molar-refractivity contribution in [1.82, 2.24) is 0 Å². The van der Waals surface area contributed by atoms with Gasteiger partial charge in [-0.15, -0.1) is 23.2 Å². The highest BCUT2D eigenvalue weighted by Gasteiger charge is 2.67. The van der Waals surface area contributed by atoms with Gasteiger partial charge in [0.2, 0.25) is 5.91 Å². The highest BCUT2D eigenvalue weighted by atomic mass is 35.5. The second-order valence-corrected chi connectivity index (χ2v) is 9.98. The van der Waals surface area contributed by atoms with Crippen LogP contribution in [0.1, 0.15) is 27.4 Å². The molecule has 0 heterocycles. The summed E-state index contributed by atoms with van der Waals surface area (Å²) in [5.74, 6) is -2.84. The van der Waals surface area contributed by atoms with Crippen LogP contribution in [0, 0.1) is 23.1 Å². The fraction of sp³-hybridized carbons (Fsp3) is 0.125. The maximum atomic E-state index is 13.3. The summed E-state index contributed by atoms with van der Waals surface area (Å²) in [6.07, 6.45) is 0. The Morgan fingerprint density at radius 2 is 1.68 bits per heavy atom. The number of nitrogens with zero attached hydrogens (tertiary/aromatic N) is 1. The van der Waals surface area contributed by atoms with Crippen LogP contribution < -0.4 is 10.6 Å². The fourth-order valence-electron chi connectivity index (χ4n) is 3.69. The second kappa shape index (κ2) is 9.44. The molecule has 3 aromatic carbocycles. The Morgan fingerprint density at radius 3 is 2.35 bits per heavy atom. The van der Waals surface area contributed by atoms with Crippen molar-refractivity contribution in [2.75, 3.05) is 10.6 Å². The zero-order chi connectivity index (χ0) is 24.6. The van der Waals surface area contributed by atoms with Gasteiger partial charge in [-0.3, -0.25) is 9.59 Å². The van der Waals surface area contributed by atoms with Crippen molar-refractivity contribution in [1.29, 1.82) is 5.26 Å². The number of anilines is 2. The lowest BCUT2D eigenvalue weighted by Crippen LogP contribution is -2.18. The Labute approximate surface area is 214 Å². The number of amides is 2. The van der Waals surface area contributed by atoms with Gasteiger partial charge in [0.05, 0.1) is 17.2 Å². The van der Waals surface area contributed by atoms with Gasteiger partial charge < -0.3 is 10.6 Å². The Balaban J connectivity index is 1.49. The first-order chi connectivity index (χ1) is 16.1. The van der Waals surface area contributed by atoms with Crippen molar-refractivity contribution in [2.45, 2.75) is 10.3 Å². The van der Waals surface area contributed by atoms with E-state index in [4.69, 9.17) is 51.7 Å². The third kappa shape index (κ3) is 4.98. The van der Waals surface area contributed by atoms with Gasteiger partial charge in [0.25, 0.3) is 5.91 Å². The van der Waals surface area contributed by atoms with Gasteiger partial charge in [-0.1, -0.05) is 29.3 Å². The Kier molecular flexibility index (Phi) is 6.75. The Hall–Kier alpha value is -2.82. The summed E-state index contributed by atoms with van der Waals surface area (Å²) in [4.78, 5) is 25.6. The summed E-state index contributed by atoms with van der Waals surface area (Å²) in [7, 11) is 0. The zero-order valence-electron chi connectivity index (χ0n) is 17.1. The number of carbonyl (C=O) groups is 2. The van der Waals surface area contributed by atoms with Crippen LogP contribution in [-0.4, -0.2) is 16.1 Å². The predicted octanol–water partition coefficient (Wildman–Crippen LogP) is 6.78. The van der Waals surface area contributed by atoms with E-state index in [9.17, 15) is 14.0 Å². The van der Waals surface area contributed by atoms with Gasteiger partial charge in [0.1, 0.15) is 16.2 Å². The average molecular weight is 537 g/mol. The molecular weight excluding hydrogens is 523 g/mol. The van der Waals surface area contributed by atoms with Crippen LogP contribution in [0.3, 0.4) is 0 Å². The highest BCUT2D eigenvalue weighted by Crippen LogP contribution is 2.65. The van der Waals surface area contributed by atoms with Gasteiger partial charge in [-0.2, -0.15) is 5.26 Å². The molecule has 0 aliphatic heterocycles. The normalized spacial score (nSPS) is 18.0. The average Bonchev–Trinajstić information content (AvgIpc) is 3.36. The van der Waals surface area contributed by atoms with Crippen molar-refractivity contribution in [2.24, 2.45) is 5.92 Å². The first kappa shape index (κ1) is 24.3. The molecule has 0 bridgehead atoms. The van der Waals surface area contributed by atoms with E-state index in [-0.39, 0.29) is 16.8 Å². The van der Waals surface area contributed by atoms with E-state index in [1.807, 2.05) is 6.07 Å². The lowest BCUT2D eigenvalue weighted by molar-refractivity contribution is -0.117. The van der Waals surface area contributed by atoms with Crippen LogP contribution in [0.15, 0.2) is 60.7 Å². The van der Waals surface area contributed by atoms with Crippen molar-refractivity contribution in [3.8, 4) is 6.07 Å². The molecule has 0 aromatic heterocycles. The van der Waals surface area contributed by atoms with Crippen LogP contribution in [0.4, 0.5) is 15.8 Å². The Bertz CT molecular complexity index is 1340. The molecule has 1 aliphatic rings. The SMILES string of the molecule is N#Cc1cc(F)ccc1NC(=O)c1cccc(NC(=O)C2C(c3cc(Cl)cc(Cl)c3)C2(Cl)Cl)c1. The van der Waals surface area contributed by atoms with Gasteiger partial charge >= 0.3 is 0 Å². The van der Waals surface area contributed by atoms with Crippen LogP contribution in [0.2, 0.25) is 10.0 Å². The van der Waals surface area contributed by atoms with Gasteiger partial charge in [0.15, 0.2) is 0 Å². The predicted molar refractivity (Wildman–Crippen MR) is 131 cm³/mol. The molecule has 2 amide bonds. The molecule has 5 nitrogen and oxygen atoms in total. The Morgan fingerprint density at radius 1 is 0.971 bits per heavy atom. The summed E-state index contributed by atoms with van der Waals surface area (Å²) in [6, 6.07) is 16.3. The number of hydrogen-bond acceptors (Lipinski definition) is 3. The monoisotopic (exact) mass is 535 g/mol. The quantitative estimate of drug-likeness (QED) is 0.352. The first-order valence-electron chi connectivity index (χ1n) is 9.86. The number of alkyl halides is 2. The molecule has 0 spiro atoms. The number of nitriles is 1. The number of rotatable bonds is 5. The van der Waals surface area contributed by atoms with Crippen LogP contribution in [0.5, 0.6) is 0 Å². The van der Waals surface area contributed by atoms with E-state index >= 15 is 0 Å². The molecule has 1 fully saturated rings. The summed E-state index contributed by atoms with van der Waals surface area (Å²) in [6.45, 7) is 0. The van der Waals surface area contributed by atoms with Crippen LogP contribution >= 0.6 is 46.4 Å². The maximum absolute atomic E-state index is 13.3. The first-order valence-corrected chi connectivity index (χ1v) is 11.4. The smallest absolute Gasteiger partial charge is 0.255 e. The number of carbonyl (C=O) groups excluding carboxylic acids is 2. The van der Waals surface area contributed by atoms with E-state index in [0.29, 0.717) is 21.3 Å². The minimum Gasteiger partial charge on any atom is -0.326 e. The molecule has 3 aromatic rings. The van der Waals surface area contributed by atoms with Crippen molar-refractivity contribution in [3.05, 3.63) is 93.2 Å². The number of benzene rings is 3. The van der Waals surface area contributed by atoms with E-state index in [1.165, 1.54) is 18.2 Å². The number of nitrogens with one attached hydrogen (secondary N) is 2. The zero-order valence-corrected chi connectivity index (χ0v) is 20.1. The van der Waals surface area contributed by atoms with Crippen LogP contribution in [-0.2, 0) is 4.79 Å². The van der Waals surface area contributed by atoms with Crippen molar-refractivity contribution in [3.63, 3.8) is 0 Å².